The Balaban J connectivity index is 0.00000205. The van der Waals surface area contributed by atoms with Gasteiger partial charge in [0.25, 0.3) is 0 Å². The van der Waals surface area contributed by atoms with Crippen LogP contribution < -0.4 is 24.8 Å². The number of pyridine rings is 1. The Labute approximate surface area is 226 Å². The van der Waals surface area contributed by atoms with Gasteiger partial charge in [0.15, 0.2) is 11.5 Å². The third kappa shape index (κ3) is 6.21. The third-order valence-corrected chi connectivity index (χ3v) is 5.29. The topological polar surface area (TPSA) is 151 Å². The van der Waals surface area contributed by atoms with E-state index in [-0.39, 0.29) is 0 Å². The molecule has 1 aliphatic rings. The highest BCUT2D eigenvalue weighted by Gasteiger charge is 2.26. The number of methoxy groups -OCH3 is 3. The number of rotatable bonds is 8. The molecule has 0 spiro atoms. The summed E-state index contributed by atoms with van der Waals surface area (Å²) in [6.45, 7) is 9.50. The van der Waals surface area contributed by atoms with Crippen molar-refractivity contribution in [1.82, 2.24) is 30.7 Å². The van der Waals surface area contributed by atoms with Crippen molar-refractivity contribution >= 4 is 30.3 Å². The van der Waals surface area contributed by atoms with Crippen LogP contribution in [0.2, 0.25) is 0 Å². The summed E-state index contributed by atoms with van der Waals surface area (Å²) in [7, 11) is 4.56. The standard InChI is InChI=1S/C24H25N9O4.C2H6/c1-6-21-27-12-18(30-24(34)29-15-7-8-16(26-11-15)17-13-28-32-31-17)22(33(21)25-2)14-9-19(35-3)23(37-5)20(10-14)36-4;1-2/h6-13H,2H2,1,3-5H3,(H,28,31,32)(H2,29,30,34);1-2H3/b21-6-;. The van der Waals surface area contributed by atoms with Gasteiger partial charge >= 0.3 is 6.03 Å². The predicted octanol–water partition coefficient (Wildman–Crippen LogP) is 4.27. The summed E-state index contributed by atoms with van der Waals surface area (Å²) < 4.78 is 16.5. The molecule has 1 aliphatic heterocycles. The fourth-order valence-electron chi connectivity index (χ4n) is 3.63. The van der Waals surface area contributed by atoms with Crippen LogP contribution in [0, 0.1) is 0 Å². The van der Waals surface area contributed by atoms with Gasteiger partial charge in [-0.15, -0.1) is 0 Å². The van der Waals surface area contributed by atoms with Crippen LogP contribution in [0.5, 0.6) is 17.2 Å². The predicted molar refractivity (Wildman–Crippen MR) is 150 cm³/mol. The number of urea groups is 1. The minimum absolute atomic E-state index is 0.358. The van der Waals surface area contributed by atoms with E-state index in [0.717, 1.165) is 0 Å². The molecule has 0 unspecified atom stereocenters. The molecule has 0 saturated heterocycles. The molecule has 2 amide bonds. The van der Waals surface area contributed by atoms with E-state index in [1.54, 1.807) is 36.5 Å². The van der Waals surface area contributed by atoms with E-state index in [9.17, 15) is 4.79 Å². The van der Waals surface area contributed by atoms with Crippen LogP contribution in [0.15, 0.2) is 64.3 Å². The molecule has 204 valence electrons. The largest absolute Gasteiger partial charge is 0.493 e. The second kappa shape index (κ2) is 13.4. The molecule has 3 aromatic rings. The lowest BCUT2D eigenvalue weighted by Crippen LogP contribution is -2.33. The Morgan fingerprint density at radius 1 is 1.05 bits per heavy atom. The number of aliphatic imine (C=N–C) groups is 1. The summed E-state index contributed by atoms with van der Waals surface area (Å²) in [5, 5.41) is 21.5. The van der Waals surface area contributed by atoms with Gasteiger partial charge in [0.2, 0.25) is 5.75 Å². The number of carbonyl (C=O) groups excluding carboxylic acids is 1. The molecule has 0 radical (unpaired) electrons. The number of ether oxygens (including phenoxy) is 3. The number of nitrogens with one attached hydrogen (secondary N) is 3. The molecule has 13 heteroatoms. The van der Waals surface area contributed by atoms with Gasteiger partial charge in [-0.2, -0.15) is 20.5 Å². The smallest absolute Gasteiger partial charge is 0.323 e. The van der Waals surface area contributed by atoms with Gasteiger partial charge in [-0.25, -0.2) is 14.8 Å². The molecule has 39 heavy (non-hydrogen) atoms. The van der Waals surface area contributed by atoms with E-state index in [2.05, 4.69) is 47.8 Å². The first-order valence-electron chi connectivity index (χ1n) is 11.9. The maximum absolute atomic E-state index is 12.9. The maximum Gasteiger partial charge on any atom is 0.323 e. The van der Waals surface area contributed by atoms with Gasteiger partial charge in [0.1, 0.15) is 11.5 Å². The van der Waals surface area contributed by atoms with Crippen LogP contribution in [0.3, 0.4) is 0 Å². The second-order valence-electron chi connectivity index (χ2n) is 7.40. The summed E-state index contributed by atoms with van der Waals surface area (Å²) in [5.74, 6) is 1.80. The lowest BCUT2D eigenvalue weighted by atomic mass is 10.1. The number of hydrogen-bond donors (Lipinski definition) is 3. The van der Waals surface area contributed by atoms with E-state index in [1.807, 2.05) is 20.8 Å². The molecule has 2 aromatic heterocycles. The molecule has 0 atom stereocenters. The minimum Gasteiger partial charge on any atom is -0.493 e. The molecule has 3 N–H and O–H groups in total. The van der Waals surface area contributed by atoms with E-state index in [4.69, 9.17) is 14.2 Å². The summed E-state index contributed by atoms with van der Waals surface area (Å²) >= 11 is 0. The van der Waals surface area contributed by atoms with Crippen molar-refractivity contribution in [3.63, 3.8) is 0 Å². The van der Waals surface area contributed by atoms with Crippen molar-refractivity contribution in [2.24, 2.45) is 10.1 Å². The van der Waals surface area contributed by atoms with Crippen molar-refractivity contribution in [2.45, 2.75) is 20.8 Å². The minimum atomic E-state index is -0.518. The number of carbonyl (C=O) groups is 1. The molecule has 4 rings (SSSR count). The number of benzene rings is 1. The van der Waals surface area contributed by atoms with Crippen molar-refractivity contribution in [3.05, 3.63) is 59.8 Å². The third-order valence-electron chi connectivity index (χ3n) is 5.29. The fourth-order valence-corrected chi connectivity index (χ4v) is 3.63. The number of allylic oxidation sites excluding steroid dienone is 2. The SMILES string of the molecule is C=NN1C(c2cc(OC)c(OC)c(OC)c2)=C(NC(=O)Nc2ccc(-c3cn[nH]n3)nc2)C=N/C1=C/C.CC. The van der Waals surface area contributed by atoms with Crippen LogP contribution in [0.1, 0.15) is 26.3 Å². The van der Waals surface area contributed by atoms with E-state index in [0.29, 0.717) is 57.1 Å². The van der Waals surface area contributed by atoms with Crippen molar-refractivity contribution < 1.29 is 19.0 Å². The number of amides is 2. The zero-order valence-corrected chi connectivity index (χ0v) is 22.6. The molecule has 0 bridgehead atoms. The number of anilines is 1. The first kappa shape index (κ1) is 28.4. The lowest BCUT2D eigenvalue weighted by molar-refractivity contribution is 0.254. The highest BCUT2D eigenvalue weighted by molar-refractivity contribution is 6.00. The van der Waals surface area contributed by atoms with E-state index >= 15 is 0 Å². The number of aromatic nitrogens is 4. The summed E-state index contributed by atoms with van der Waals surface area (Å²) in [5.41, 5.74) is 3.13. The monoisotopic (exact) mass is 533 g/mol. The number of hydrogen-bond acceptors (Lipinski definition) is 10. The van der Waals surface area contributed by atoms with Gasteiger partial charge in [0.05, 0.1) is 62.7 Å². The molecule has 1 aromatic carbocycles. The van der Waals surface area contributed by atoms with Crippen molar-refractivity contribution in [3.8, 4) is 28.6 Å². The fraction of sp³-hybridized carbons (Fsp3) is 0.231. The van der Waals surface area contributed by atoms with Crippen LogP contribution in [0.25, 0.3) is 17.1 Å². The van der Waals surface area contributed by atoms with Crippen LogP contribution in [-0.4, -0.2) is 65.7 Å². The quantitative estimate of drug-likeness (QED) is 0.363. The van der Waals surface area contributed by atoms with Crippen LogP contribution in [0.4, 0.5) is 10.5 Å². The van der Waals surface area contributed by atoms with E-state index in [1.165, 1.54) is 38.7 Å². The molecular weight excluding hydrogens is 502 g/mol. The van der Waals surface area contributed by atoms with Gasteiger partial charge < -0.3 is 24.8 Å². The van der Waals surface area contributed by atoms with Gasteiger partial charge in [-0.1, -0.05) is 13.8 Å². The normalized spacial score (nSPS) is 13.4. The number of H-pyrrole nitrogens is 1. The van der Waals surface area contributed by atoms with Gasteiger partial charge in [-0.3, -0.25) is 4.98 Å². The number of nitrogens with zero attached hydrogens (tertiary/aromatic N) is 6. The Morgan fingerprint density at radius 3 is 2.28 bits per heavy atom. The maximum atomic E-state index is 12.9. The Bertz CT molecular complexity index is 1360. The molecule has 0 fully saturated rings. The summed E-state index contributed by atoms with van der Waals surface area (Å²) in [4.78, 5) is 21.6. The first-order chi connectivity index (χ1) is 19.0. The zero-order valence-electron chi connectivity index (χ0n) is 22.6. The zero-order chi connectivity index (χ0) is 28.4. The molecule has 13 nitrogen and oxygen atoms in total. The highest BCUT2D eigenvalue weighted by atomic mass is 16.5. The number of hydrazone groups is 1. The average Bonchev–Trinajstić information content (AvgIpc) is 3.52. The molecule has 3 heterocycles. The van der Waals surface area contributed by atoms with Crippen molar-refractivity contribution in [1.29, 1.82) is 0 Å². The average molecular weight is 534 g/mol. The Hall–Kier alpha value is -5.20. The Morgan fingerprint density at radius 2 is 1.77 bits per heavy atom. The first-order valence-corrected chi connectivity index (χ1v) is 11.9. The van der Waals surface area contributed by atoms with Crippen LogP contribution >= 0.6 is 0 Å². The van der Waals surface area contributed by atoms with E-state index < -0.39 is 6.03 Å². The summed E-state index contributed by atoms with van der Waals surface area (Å²) in [6.07, 6.45) is 6.37. The highest BCUT2D eigenvalue weighted by Crippen LogP contribution is 2.42. The molecule has 0 aliphatic carbocycles. The summed E-state index contributed by atoms with van der Waals surface area (Å²) in [6, 6.07) is 6.39. The van der Waals surface area contributed by atoms with Crippen molar-refractivity contribution in [2.75, 3.05) is 26.6 Å². The lowest BCUT2D eigenvalue weighted by Gasteiger charge is -2.28. The van der Waals surface area contributed by atoms with Gasteiger partial charge in [-0.05, 0) is 37.3 Å². The Kier molecular flexibility index (Phi) is 9.73. The van der Waals surface area contributed by atoms with Crippen LogP contribution in [-0.2, 0) is 0 Å². The molecular formula is C26H31N9O4. The van der Waals surface area contributed by atoms with Gasteiger partial charge in [0, 0.05) is 12.3 Å². The number of aromatic amines is 1. The molecule has 0 saturated carbocycles. The second-order valence-corrected chi connectivity index (χ2v) is 7.40.